The minimum absolute atomic E-state index is 0.0817. The fourth-order valence-corrected chi connectivity index (χ4v) is 5.74. The molecule has 6 nitrogen and oxygen atoms in total. The highest BCUT2D eigenvalue weighted by Gasteiger charge is 2.54. The molecule has 2 saturated carbocycles. The van der Waals surface area contributed by atoms with Crippen molar-refractivity contribution < 1.29 is 14.3 Å². The Labute approximate surface area is 185 Å². The Morgan fingerprint density at radius 1 is 1.06 bits per heavy atom. The average Bonchev–Trinajstić information content (AvgIpc) is 3.70. The van der Waals surface area contributed by atoms with Crippen LogP contribution >= 0.6 is 0 Å². The number of likely N-dealkylation sites (tertiary alicyclic amines) is 1. The molecule has 0 radical (unpaired) electrons. The lowest BCUT2D eigenvalue weighted by Gasteiger charge is -2.48. The van der Waals surface area contributed by atoms with Gasteiger partial charge in [-0.3, -0.25) is 4.79 Å². The first kappa shape index (κ1) is 20.8. The monoisotopic (exact) mass is 425 g/mol. The summed E-state index contributed by atoms with van der Waals surface area (Å²) in [6, 6.07) is 11.0. The molecule has 5 rings (SSSR count). The van der Waals surface area contributed by atoms with Crippen LogP contribution in [0.3, 0.4) is 0 Å². The van der Waals surface area contributed by atoms with Crippen LogP contribution in [0.25, 0.3) is 0 Å². The van der Waals surface area contributed by atoms with Crippen molar-refractivity contribution in [2.24, 2.45) is 0 Å². The van der Waals surface area contributed by atoms with E-state index in [0.29, 0.717) is 25.1 Å². The zero-order chi connectivity index (χ0) is 21.5. The maximum Gasteiger partial charge on any atom is 0.317 e. The van der Waals surface area contributed by atoms with E-state index in [2.05, 4.69) is 27.2 Å². The summed E-state index contributed by atoms with van der Waals surface area (Å²) in [7, 11) is 0. The van der Waals surface area contributed by atoms with Crippen molar-refractivity contribution in [1.29, 1.82) is 0 Å². The number of amides is 3. The minimum Gasteiger partial charge on any atom is -0.375 e. The van der Waals surface area contributed by atoms with Crippen molar-refractivity contribution in [1.82, 2.24) is 15.1 Å². The predicted octanol–water partition coefficient (Wildman–Crippen LogP) is 3.45. The van der Waals surface area contributed by atoms with Crippen LogP contribution in [-0.2, 0) is 14.9 Å². The number of hydrogen-bond donors (Lipinski definition) is 1. The van der Waals surface area contributed by atoms with Gasteiger partial charge in [0.15, 0.2) is 0 Å². The van der Waals surface area contributed by atoms with Crippen molar-refractivity contribution in [3.8, 4) is 0 Å². The largest absolute Gasteiger partial charge is 0.375 e. The van der Waals surface area contributed by atoms with Crippen LogP contribution in [0.5, 0.6) is 0 Å². The molecule has 2 heterocycles. The SMILES string of the molecule is CCNC(=O)N(C1CC1)C1CCOC2(CCN(C(=O)C3(c4ccccc4)CC3)CC2)C1. The molecule has 2 saturated heterocycles. The van der Waals surface area contributed by atoms with Crippen LogP contribution in [0.4, 0.5) is 4.79 Å². The minimum atomic E-state index is -0.289. The number of carbonyl (C=O) groups is 2. The number of ether oxygens (including phenoxy) is 1. The number of carbonyl (C=O) groups excluding carboxylic acids is 2. The van der Waals surface area contributed by atoms with Crippen molar-refractivity contribution in [3.63, 3.8) is 0 Å². The molecule has 0 bridgehead atoms. The van der Waals surface area contributed by atoms with E-state index in [9.17, 15) is 9.59 Å². The van der Waals surface area contributed by atoms with Gasteiger partial charge in [-0.25, -0.2) is 4.79 Å². The average molecular weight is 426 g/mol. The quantitative estimate of drug-likeness (QED) is 0.786. The zero-order valence-corrected chi connectivity index (χ0v) is 18.6. The number of nitrogens with one attached hydrogen (secondary N) is 1. The maximum atomic E-state index is 13.4. The third-order valence-electron chi connectivity index (χ3n) is 7.81. The van der Waals surface area contributed by atoms with Gasteiger partial charge in [0.25, 0.3) is 0 Å². The van der Waals surface area contributed by atoms with E-state index in [1.165, 1.54) is 0 Å². The van der Waals surface area contributed by atoms with E-state index in [4.69, 9.17) is 4.74 Å². The second-order valence-corrected chi connectivity index (χ2v) is 9.89. The van der Waals surface area contributed by atoms with Crippen molar-refractivity contribution in [2.45, 2.75) is 81.4 Å². The summed E-state index contributed by atoms with van der Waals surface area (Å²) < 4.78 is 6.34. The third kappa shape index (κ3) is 3.95. The molecule has 31 heavy (non-hydrogen) atoms. The van der Waals surface area contributed by atoms with Crippen LogP contribution in [0.15, 0.2) is 30.3 Å². The van der Waals surface area contributed by atoms with Gasteiger partial charge in [0, 0.05) is 38.3 Å². The van der Waals surface area contributed by atoms with Crippen LogP contribution in [0, 0.1) is 0 Å². The smallest absolute Gasteiger partial charge is 0.317 e. The molecule has 1 unspecified atom stereocenters. The van der Waals surface area contributed by atoms with Crippen LogP contribution in [0.1, 0.15) is 63.9 Å². The first-order valence-electron chi connectivity index (χ1n) is 12.1. The fraction of sp³-hybridized carbons (Fsp3) is 0.680. The first-order chi connectivity index (χ1) is 15.1. The highest BCUT2D eigenvalue weighted by molar-refractivity contribution is 5.91. The van der Waals surface area contributed by atoms with Gasteiger partial charge >= 0.3 is 6.03 Å². The molecule has 3 amide bonds. The van der Waals surface area contributed by atoms with Gasteiger partial charge in [-0.1, -0.05) is 30.3 Å². The standard InChI is InChI=1S/C25H35N3O3/c1-2-26-23(30)28(20-8-9-20)21-10-17-31-24(18-21)13-15-27(16-14-24)22(29)25(11-12-25)19-6-4-3-5-7-19/h3-7,20-21H,2,8-18H2,1H3,(H,26,30). The Balaban J connectivity index is 1.23. The van der Waals surface area contributed by atoms with E-state index in [-0.39, 0.29) is 23.1 Å². The lowest BCUT2D eigenvalue weighted by atomic mass is 9.81. The molecule has 2 aliphatic heterocycles. The topological polar surface area (TPSA) is 61.9 Å². The molecule has 1 aromatic carbocycles. The molecule has 0 aromatic heterocycles. The summed E-state index contributed by atoms with van der Waals surface area (Å²) in [4.78, 5) is 30.3. The molecule has 168 valence electrons. The van der Waals surface area contributed by atoms with Crippen molar-refractivity contribution >= 4 is 11.9 Å². The summed E-state index contributed by atoms with van der Waals surface area (Å²) in [5.41, 5.74) is 0.683. The summed E-state index contributed by atoms with van der Waals surface area (Å²) >= 11 is 0. The number of nitrogens with zero attached hydrogens (tertiary/aromatic N) is 2. The van der Waals surface area contributed by atoms with E-state index in [1.807, 2.05) is 25.1 Å². The van der Waals surface area contributed by atoms with E-state index in [0.717, 1.165) is 70.0 Å². The van der Waals surface area contributed by atoms with Crippen molar-refractivity contribution in [3.05, 3.63) is 35.9 Å². The second-order valence-electron chi connectivity index (χ2n) is 9.89. The van der Waals surface area contributed by atoms with Gasteiger partial charge in [-0.05, 0) is 63.9 Å². The Bertz CT molecular complexity index is 811. The van der Waals surface area contributed by atoms with Gasteiger partial charge in [0.2, 0.25) is 5.91 Å². The molecule has 1 N–H and O–H groups in total. The second kappa shape index (κ2) is 8.12. The number of rotatable bonds is 5. The lowest BCUT2D eigenvalue weighted by Crippen LogP contribution is -2.57. The molecule has 1 atom stereocenters. The van der Waals surface area contributed by atoms with Gasteiger partial charge in [0.1, 0.15) is 0 Å². The summed E-state index contributed by atoms with van der Waals surface area (Å²) in [6.45, 7) is 4.85. The van der Waals surface area contributed by atoms with Crippen LogP contribution in [-0.4, -0.2) is 65.7 Å². The van der Waals surface area contributed by atoms with Crippen LogP contribution in [0.2, 0.25) is 0 Å². The van der Waals surface area contributed by atoms with Gasteiger partial charge in [0.05, 0.1) is 11.0 Å². The highest BCUT2D eigenvalue weighted by Crippen LogP contribution is 2.50. The summed E-state index contributed by atoms with van der Waals surface area (Å²) in [5.74, 6) is 0.294. The fourth-order valence-electron chi connectivity index (χ4n) is 5.74. The third-order valence-corrected chi connectivity index (χ3v) is 7.81. The first-order valence-corrected chi connectivity index (χ1v) is 12.1. The molecule has 4 fully saturated rings. The molecular weight excluding hydrogens is 390 g/mol. The van der Waals surface area contributed by atoms with E-state index in [1.54, 1.807) is 0 Å². The summed E-state index contributed by atoms with van der Waals surface area (Å²) in [5, 5.41) is 3.01. The zero-order valence-electron chi connectivity index (χ0n) is 18.6. The Morgan fingerprint density at radius 2 is 1.77 bits per heavy atom. The molecular formula is C25H35N3O3. The molecule has 1 aromatic rings. The maximum absolute atomic E-state index is 13.4. The van der Waals surface area contributed by atoms with Gasteiger partial charge in [-0.15, -0.1) is 0 Å². The summed E-state index contributed by atoms with van der Waals surface area (Å²) in [6.07, 6.45) is 7.69. The van der Waals surface area contributed by atoms with Gasteiger partial charge < -0.3 is 19.9 Å². The van der Waals surface area contributed by atoms with E-state index < -0.39 is 0 Å². The molecule has 1 spiro atoms. The van der Waals surface area contributed by atoms with Gasteiger partial charge in [-0.2, -0.15) is 0 Å². The Kier molecular flexibility index (Phi) is 5.45. The van der Waals surface area contributed by atoms with E-state index >= 15 is 0 Å². The Hall–Kier alpha value is -2.08. The number of benzene rings is 1. The number of hydrogen-bond acceptors (Lipinski definition) is 3. The normalized spacial score (nSPS) is 26.4. The number of piperidine rings is 1. The molecule has 2 aliphatic carbocycles. The molecule has 6 heteroatoms. The molecule has 4 aliphatic rings. The Morgan fingerprint density at radius 3 is 2.39 bits per heavy atom. The highest BCUT2D eigenvalue weighted by atomic mass is 16.5. The lowest BCUT2D eigenvalue weighted by molar-refractivity contribution is -0.149. The van der Waals surface area contributed by atoms with Crippen molar-refractivity contribution in [2.75, 3.05) is 26.2 Å². The predicted molar refractivity (Wildman–Crippen MR) is 119 cm³/mol. The number of urea groups is 1. The van der Waals surface area contributed by atoms with Crippen LogP contribution < -0.4 is 5.32 Å².